The second-order valence-electron chi connectivity index (χ2n) is 4.19. The van der Waals surface area contributed by atoms with Crippen molar-refractivity contribution >= 4 is 10.9 Å². The minimum Gasteiger partial charge on any atom is -0.490 e. The molecule has 1 aromatic heterocycles. The Morgan fingerprint density at radius 1 is 1.26 bits per heavy atom. The van der Waals surface area contributed by atoms with Gasteiger partial charge in [0.25, 0.3) is 0 Å². The van der Waals surface area contributed by atoms with Crippen LogP contribution in [0, 0.1) is 0 Å². The first-order valence-electron chi connectivity index (χ1n) is 6.00. The summed E-state index contributed by atoms with van der Waals surface area (Å²) in [7, 11) is 1.51. The molecule has 100 valence electrons. The van der Waals surface area contributed by atoms with E-state index < -0.39 is 5.63 Å². The van der Waals surface area contributed by atoms with E-state index >= 15 is 0 Å². The van der Waals surface area contributed by atoms with Crippen LogP contribution in [0.5, 0.6) is 11.5 Å². The zero-order valence-electron chi connectivity index (χ0n) is 10.5. The molecule has 6 nitrogen and oxygen atoms in total. The molecule has 0 aliphatic carbocycles. The van der Waals surface area contributed by atoms with Gasteiger partial charge in [0, 0.05) is 25.7 Å². The van der Waals surface area contributed by atoms with Crippen molar-refractivity contribution in [3.63, 3.8) is 0 Å². The molecule has 0 saturated carbocycles. The molecule has 0 amide bonds. The van der Waals surface area contributed by atoms with Crippen molar-refractivity contribution in [1.29, 1.82) is 0 Å². The van der Waals surface area contributed by atoms with Gasteiger partial charge in [0.05, 0.1) is 24.1 Å². The molecule has 2 aromatic rings. The van der Waals surface area contributed by atoms with Gasteiger partial charge < -0.3 is 18.6 Å². The normalized spacial score (nSPS) is 14.4. The highest BCUT2D eigenvalue weighted by Gasteiger charge is 2.15. The second-order valence-corrected chi connectivity index (χ2v) is 4.19. The molecular weight excluding hydrogens is 250 g/mol. The number of fused-ring (bicyclic) bond motifs is 2. The zero-order chi connectivity index (χ0) is 13.2. The summed E-state index contributed by atoms with van der Waals surface area (Å²) in [4.78, 5) is 16.1. The van der Waals surface area contributed by atoms with Crippen LogP contribution < -0.4 is 15.1 Å². The maximum Gasteiger partial charge on any atom is 0.347 e. The van der Waals surface area contributed by atoms with Gasteiger partial charge in [-0.05, 0) is 0 Å². The van der Waals surface area contributed by atoms with Crippen molar-refractivity contribution in [3.05, 3.63) is 28.4 Å². The number of methoxy groups -OCH3 is 1. The van der Waals surface area contributed by atoms with Crippen LogP contribution in [0.1, 0.15) is 12.3 Å². The largest absolute Gasteiger partial charge is 0.490 e. The predicted octanol–water partition coefficient (Wildman–Crippen LogP) is 1.50. The molecule has 0 spiro atoms. The molecule has 0 bridgehead atoms. The topological polar surface area (TPSA) is 70.8 Å². The standard InChI is InChI=1S/C13H13NO5/c1-16-7-12-14-9-6-11-10(17-3-2-4-18-11)5-8(9)13(15)19-12/h5-6H,2-4,7H2,1H3. The van der Waals surface area contributed by atoms with Crippen molar-refractivity contribution < 1.29 is 18.6 Å². The van der Waals surface area contributed by atoms with E-state index in [4.69, 9.17) is 18.6 Å². The smallest absolute Gasteiger partial charge is 0.347 e. The van der Waals surface area contributed by atoms with Crippen LogP contribution in [0.2, 0.25) is 0 Å². The van der Waals surface area contributed by atoms with Crippen LogP contribution >= 0.6 is 0 Å². The third-order valence-corrected chi connectivity index (χ3v) is 2.81. The van der Waals surface area contributed by atoms with Crippen molar-refractivity contribution in [2.75, 3.05) is 20.3 Å². The fraction of sp³-hybridized carbons (Fsp3) is 0.385. The monoisotopic (exact) mass is 263 g/mol. The third kappa shape index (κ3) is 2.26. The highest BCUT2D eigenvalue weighted by molar-refractivity contribution is 5.81. The quantitative estimate of drug-likeness (QED) is 0.817. The van der Waals surface area contributed by atoms with E-state index in [1.54, 1.807) is 12.1 Å². The molecule has 6 heteroatoms. The molecule has 2 heterocycles. The Bertz CT molecular complexity index is 664. The third-order valence-electron chi connectivity index (χ3n) is 2.81. The minimum atomic E-state index is -0.451. The van der Waals surface area contributed by atoms with Crippen LogP contribution in [0.4, 0.5) is 0 Å². The number of aromatic nitrogens is 1. The van der Waals surface area contributed by atoms with Gasteiger partial charge >= 0.3 is 5.63 Å². The number of nitrogens with zero attached hydrogens (tertiary/aromatic N) is 1. The molecule has 1 aliphatic heterocycles. The SMILES string of the molecule is COCc1nc2cc3c(cc2c(=O)o1)OCCCO3. The first-order valence-corrected chi connectivity index (χ1v) is 6.00. The Morgan fingerprint density at radius 2 is 2.00 bits per heavy atom. The lowest BCUT2D eigenvalue weighted by molar-refractivity contribution is 0.155. The van der Waals surface area contributed by atoms with E-state index in [1.807, 2.05) is 0 Å². The van der Waals surface area contributed by atoms with Gasteiger partial charge in [0.2, 0.25) is 5.89 Å². The van der Waals surface area contributed by atoms with Crippen molar-refractivity contribution in [3.8, 4) is 11.5 Å². The first-order chi connectivity index (χ1) is 9.28. The van der Waals surface area contributed by atoms with E-state index in [2.05, 4.69) is 4.98 Å². The summed E-state index contributed by atoms with van der Waals surface area (Å²) >= 11 is 0. The van der Waals surface area contributed by atoms with Crippen LogP contribution in [0.25, 0.3) is 10.9 Å². The van der Waals surface area contributed by atoms with Crippen molar-refractivity contribution in [2.45, 2.75) is 13.0 Å². The van der Waals surface area contributed by atoms with Crippen molar-refractivity contribution in [1.82, 2.24) is 4.98 Å². The fourth-order valence-corrected chi connectivity index (χ4v) is 1.96. The summed E-state index contributed by atoms with van der Waals surface area (Å²) in [5.74, 6) is 1.40. The first kappa shape index (κ1) is 12.0. The zero-order valence-corrected chi connectivity index (χ0v) is 10.5. The summed E-state index contributed by atoms with van der Waals surface area (Å²) in [5, 5.41) is 0.379. The van der Waals surface area contributed by atoms with Gasteiger partial charge in [0.15, 0.2) is 11.5 Å². The van der Waals surface area contributed by atoms with Gasteiger partial charge in [0.1, 0.15) is 6.61 Å². The molecule has 0 atom stereocenters. The maximum atomic E-state index is 11.9. The van der Waals surface area contributed by atoms with Gasteiger partial charge in [-0.25, -0.2) is 9.78 Å². The van der Waals surface area contributed by atoms with E-state index in [-0.39, 0.29) is 12.5 Å². The van der Waals surface area contributed by atoms with Crippen LogP contribution in [-0.4, -0.2) is 25.3 Å². The van der Waals surface area contributed by atoms with Crippen LogP contribution in [0.3, 0.4) is 0 Å². The highest BCUT2D eigenvalue weighted by atomic mass is 16.5. The second kappa shape index (κ2) is 4.89. The average Bonchev–Trinajstić information content (AvgIpc) is 2.62. The van der Waals surface area contributed by atoms with E-state index in [9.17, 15) is 4.79 Å². The van der Waals surface area contributed by atoms with Gasteiger partial charge in [-0.3, -0.25) is 0 Å². The summed E-state index contributed by atoms with van der Waals surface area (Å²) in [6.45, 7) is 1.31. The molecule has 19 heavy (non-hydrogen) atoms. The molecule has 0 fully saturated rings. The van der Waals surface area contributed by atoms with Gasteiger partial charge in [-0.15, -0.1) is 0 Å². The lowest BCUT2D eigenvalue weighted by Crippen LogP contribution is -2.06. The predicted molar refractivity (Wildman–Crippen MR) is 66.6 cm³/mol. The lowest BCUT2D eigenvalue weighted by Gasteiger charge is -2.08. The number of ether oxygens (including phenoxy) is 3. The Morgan fingerprint density at radius 3 is 2.74 bits per heavy atom. The molecule has 0 radical (unpaired) electrons. The van der Waals surface area contributed by atoms with Crippen molar-refractivity contribution in [2.24, 2.45) is 0 Å². The molecule has 1 aliphatic rings. The lowest BCUT2D eigenvalue weighted by atomic mass is 10.2. The minimum absolute atomic E-state index is 0.152. The molecule has 3 rings (SSSR count). The number of rotatable bonds is 2. The average molecular weight is 263 g/mol. The van der Waals surface area contributed by atoms with Gasteiger partial charge in [-0.2, -0.15) is 0 Å². The van der Waals surface area contributed by atoms with Gasteiger partial charge in [-0.1, -0.05) is 0 Å². The summed E-state index contributed by atoms with van der Waals surface area (Å²) in [6.07, 6.45) is 0.808. The summed E-state index contributed by atoms with van der Waals surface area (Å²) < 4.78 is 21.1. The Balaban J connectivity index is 2.17. The highest BCUT2D eigenvalue weighted by Crippen LogP contribution is 2.32. The van der Waals surface area contributed by atoms with Crippen LogP contribution in [-0.2, 0) is 11.3 Å². The molecule has 0 unspecified atom stereocenters. The van der Waals surface area contributed by atoms with E-state index in [0.29, 0.717) is 35.6 Å². The van der Waals surface area contributed by atoms with E-state index in [0.717, 1.165) is 6.42 Å². The number of hydrogen-bond acceptors (Lipinski definition) is 6. The fourth-order valence-electron chi connectivity index (χ4n) is 1.96. The molecule has 0 N–H and O–H groups in total. The molecular formula is C13H13NO5. The Labute approximate surface area is 108 Å². The summed E-state index contributed by atoms with van der Waals surface area (Å²) in [6, 6.07) is 3.32. The number of hydrogen-bond donors (Lipinski definition) is 0. The molecule has 0 saturated heterocycles. The maximum absolute atomic E-state index is 11.9. The van der Waals surface area contributed by atoms with Crippen LogP contribution in [0.15, 0.2) is 21.3 Å². The van der Waals surface area contributed by atoms with E-state index in [1.165, 1.54) is 7.11 Å². The Hall–Kier alpha value is -2.08. The molecule has 1 aromatic carbocycles. The summed E-state index contributed by atoms with van der Waals surface area (Å²) in [5.41, 5.74) is 0.0697. The Kier molecular flexibility index (Phi) is 3.08. The number of benzene rings is 1.